The van der Waals surface area contributed by atoms with Crippen LogP contribution in [0.2, 0.25) is 0 Å². The van der Waals surface area contributed by atoms with Crippen LogP contribution in [0.25, 0.3) is 11.1 Å². The molecule has 0 saturated carbocycles. The third-order valence-electron chi connectivity index (χ3n) is 5.08. The molecule has 2 N–H and O–H groups in total. The van der Waals surface area contributed by atoms with Crippen LogP contribution in [0.15, 0.2) is 42.5 Å². The summed E-state index contributed by atoms with van der Waals surface area (Å²) in [6.07, 6.45) is 0.931. The molecule has 1 amide bonds. The number of benzene rings is 2. The lowest BCUT2D eigenvalue weighted by Crippen LogP contribution is -2.40. The van der Waals surface area contributed by atoms with E-state index in [2.05, 4.69) is 37.4 Å². The van der Waals surface area contributed by atoms with Crippen molar-refractivity contribution < 1.29 is 19.4 Å². The van der Waals surface area contributed by atoms with Crippen LogP contribution in [0.5, 0.6) is 5.75 Å². The Bertz CT molecular complexity index is 783. The molecule has 0 bridgehead atoms. The predicted octanol–water partition coefficient (Wildman–Crippen LogP) is 4.62. The minimum absolute atomic E-state index is 0.123. The van der Waals surface area contributed by atoms with Gasteiger partial charge in [0.15, 0.2) is 6.79 Å². The topological polar surface area (TPSA) is 67.8 Å². The van der Waals surface area contributed by atoms with Gasteiger partial charge in [0.1, 0.15) is 5.75 Å². The highest BCUT2D eigenvalue weighted by atomic mass is 16.7. The number of carbonyl (C=O) groups is 1. The summed E-state index contributed by atoms with van der Waals surface area (Å²) < 4.78 is 10.3. The van der Waals surface area contributed by atoms with Crippen molar-refractivity contribution in [2.45, 2.75) is 32.7 Å². The Morgan fingerprint density at radius 2 is 1.88 bits per heavy atom. The summed E-state index contributed by atoms with van der Waals surface area (Å²) in [7, 11) is 1.59. The third kappa shape index (κ3) is 3.83. The van der Waals surface area contributed by atoms with Crippen LogP contribution in [-0.4, -0.2) is 25.1 Å². The van der Waals surface area contributed by atoms with Crippen LogP contribution in [0, 0.1) is 5.41 Å². The molecule has 2 aromatic rings. The van der Waals surface area contributed by atoms with Crippen LogP contribution in [0.3, 0.4) is 0 Å². The molecule has 3 rings (SSSR count). The van der Waals surface area contributed by atoms with Crippen molar-refractivity contribution >= 4 is 6.09 Å². The first-order chi connectivity index (χ1) is 12.4. The minimum Gasteiger partial charge on any atom is -0.468 e. The standard InChI is InChI=1S/C21H25NO4/c1-21(2)11-10-15-4-5-16(12-18(15)19(21)22-20(23)24)14-6-8-17(9-7-14)26-13-25-3/h4-9,12,19,22H,10-11,13H2,1-3H3,(H,23,24)/t19-/m1/s1. The van der Waals surface area contributed by atoms with E-state index in [-0.39, 0.29) is 18.2 Å². The second-order valence-corrected chi connectivity index (χ2v) is 7.36. The zero-order valence-corrected chi connectivity index (χ0v) is 15.4. The Hall–Kier alpha value is -2.53. The molecular formula is C21H25NO4. The lowest BCUT2D eigenvalue weighted by Gasteiger charge is -2.40. The number of rotatable bonds is 5. The fourth-order valence-electron chi connectivity index (χ4n) is 3.56. The summed E-state index contributed by atoms with van der Waals surface area (Å²) in [6, 6.07) is 13.9. The molecule has 1 aliphatic rings. The monoisotopic (exact) mass is 355 g/mol. The molecular weight excluding hydrogens is 330 g/mol. The van der Waals surface area contributed by atoms with Gasteiger partial charge in [-0.25, -0.2) is 4.79 Å². The van der Waals surface area contributed by atoms with Gasteiger partial charge in [0, 0.05) is 7.11 Å². The van der Waals surface area contributed by atoms with Gasteiger partial charge in [-0.1, -0.05) is 38.1 Å². The van der Waals surface area contributed by atoms with Crippen LogP contribution >= 0.6 is 0 Å². The minimum atomic E-state index is -0.985. The Kier molecular flexibility index (Phi) is 5.18. The molecule has 0 unspecified atom stereocenters. The zero-order chi connectivity index (χ0) is 18.7. The molecule has 2 aromatic carbocycles. The van der Waals surface area contributed by atoms with Crippen molar-refractivity contribution in [2.75, 3.05) is 13.9 Å². The average molecular weight is 355 g/mol. The molecule has 0 aliphatic heterocycles. The maximum atomic E-state index is 11.3. The van der Waals surface area contributed by atoms with E-state index in [4.69, 9.17) is 9.47 Å². The van der Waals surface area contributed by atoms with Gasteiger partial charge in [0.25, 0.3) is 0 Å². The lowest BCUT2D eigenvalue weighted by molar-refractivity contribution is 0.0511. The summed E-state index contributed by atoms with van der Waals surface area (Å²) in [5.41, 5.74) is 4.29. The maximum absolute atomic E-state index is 11.3. The zero-order valence-electron chi connectivity index (χ0n) is 15.4. The van der Waals surface area contributed by atoms with E-state index in [1.54, 1.807) is 7.11 Å². The first-order valence-electron chi connectivity index (χ1n) is 8.75. The van der Waals surface area contributed by atoms with Crippen molar-refractivity contribution in [3.63, 3.8) is 0 Å². The number of ether oxygens (including phenoxy) is 2. The van der Waals surface area contributed by atoms with Crippen molar-refractivity contribution in [2.24, 2.45) is 5.41 Å². The maximum Gasteiger partial charge on any atom is 0.405 e. The first-order valence-corrected chi connectivity index (χ1v) is 8.75. The van der Waals surface area contributed by atoms with E-state index in [9.17, 15) is 9.90 Å². The Morgan fingerprint density at radius 3 is 2.54 bits per heavy atom. The van der Waals surface area contributed by atoms with Crippen molar-refractivity contribution in [3.8, 4) is 16.9 Å². The Morgan fingerprint density at radius 1 is 1.19 bits per heavy atom. The van der Waals surface area contributed by atoms with Gasteiger partial charge in [-0.3, -0.25) is 0 Å². The second-order valence-electron chi connectivity index (χ2n) is 7.36. The van der Waals surface area contributed by atoms with Gasteiger partial charge in [-0.2, -0.15) is 0 Å². The van der Waals surface area contributed by atoms with Crippen molar-refractivity contribution in [3.05, 3.63) is 53.6 Å². The molecule has 26 heavy (non-hydrogen) atoms. The molecule has 1 atom stereocenters. The van der Waals surface area contributed by atoms with Gasteiger partial charge in [-0.05, 0) is 58.7 Å². The SMILES string of the molecule is COCOc1ccc(-c2ccc3c(c2)[C@@H](NC(=O)O)C(C)(C)CC3)cc1. The van der Waals surface area contributed by atoms with Gasteiger partial charge < -0.3 is 19.9 Å². The van der Waals surface area contributed by atoms with Crippen LogP contribution in [-0.2, 0) is 11.2 Å². The number of amides is 1. The summed E-state index contributed by atoms with van der Waals surface area (Å²) in [5, 5.41) is 12.0. The lowest BCUT2D eigenvalue weighted by atomic mass is 9.70. The third-order valence-corrected chi connectivity index (χ3v) is 5.08. The summed E-state index contributed by atoms with van der Waals surface area (Å²) >= 11 is 0. The highest BCUT2D eigenvalue weighted by Crippen LogP contribution is 2.44. The Labute approximate surface area is 153 Å². The molecule has 0 radical (unpaired) electrons. The quantitative estimate of drug-likeness (QED) is 0.768. The number of methoxy groups -OCH3 is 1. The smallest absolute Gasteiger partial charge is 0.405 e. The molecule has 0 heterocycles. The highest BCUT2D eigenvalue weighted by molar-refractivity contribution is 5.68. The molecule has 5 nitrogen and oxygen atoms in total. The molecule has 0 aromatic heterocycles. The van der Waals surface area contributed by atoms with Crippen LogP contribution < -0.4 is 10.1 Å². The molecule has 5 heteroatoms. The highest BCUT2D eigenvalue weighted by Gasteiger charge is 2.37. The molecule has 0 fully saturated rings. The van der Waals surface area contributed by atoms with Gasteiger partial charge in [-0.15, -0.1) is 0 Å². The number of nitrogens with one attached hydrogen (secondary N) is 1. The fourth-order valence-corrected chi connectivity index (χ4v) is 3.56. The van der Waals surface area contributed by atoms with Crippen LogP contribution in [0.1, 0.15) is 37.4 Å². The Balaban J connectivity index is 1.93. The second kappa shape index (κ2) is 7.38. The number of aryl methyl sites for hydroxylation is 1. The van der Waals surface area contributed by atoms with Gasteiger partial charge in [0.2, 0.25) is 0 Å². The average Bonchev–Trinajstić information content (AvgIpc) is 2.62. The van der Waals surface area contributed by atoms with Crippen LogP contribution in [0.4, 0.5) is 4.79 Å². The van der Waals surface area contributed by atoms with Gasteiger partial charge in [0.05, 0.1) is 6.04 Å². The fraction of sp³-hybridized carbons (Fsp3) is 0.381. The molecule has 0 spiro atoms. The van der Waals surface area contributed by atoms with Crippen molar-refractivity contribution in [1.82, 2.24) is 5.32 Å². The van der Waals surface area contributed by atoms with Gasteiger partial charge >= 0.3 is 6.09 Å². The normalized spacial score (nSPS) is 18.0. The number of hydrogen-bond acceptors (Lipinski definition) is 3. The van der Waals surface area contributed by atoms with E-state index in [1.165, 1.54) is 5.56 Å². The van der Waals surface area contributed by atoms with E-state index in [0.29, 0.717) is 0 Å². The summed E-state index contributed by atoms with van der Waals surface area (Å²) in [4.78, 5) is 11.3. The van der Waals surface area contributed by atoms with E-state index in [1.807, 2.05) is 24.3 Å². The largest absolute Gasteiger partial charge is 0.468 e. The molecule has 1 aliphatic carbocycles. The van der Waals surface area contributed by atoms with E-state index < -0.39 is 6.09 Å². The van der Waals surface area contributed by atoms with Crippen molar-refractivity contribution in [1.29, 1.82) is 0 Å². The number of carboxylic acid groups (broad SMARTS) is 1. The number of fused-ring (bicyclic) bond motifs is 1. The number of hydrogen-bond donors (Lipinski definition) is 2. The first kappa shape index (κ1) is 18.3. The summed E-state index contributed by atoms with van der Waals surface area (Å²) in [5.74, 6) is 0.750. The van der Waals surface area contributed by atoms with E-state index >= 15 is 0 Å². The summed E-state index contributed by atoms with van der Waals surface area (Å²) in [6.45, 7) is 4.45. The molecule has 138 valence electrons. The predicted molar refractivity (Wildman–Crippen MR) is 100 cm³/mol. The molecule has 0 saturated heterocycles. The van der Waals surface area contributed by atoms with E-state index in [0.717, 1.165) is 35.3 Å².